The number of esters is 1. The van der Waals surface area contributed by atoms with Crippen LogP contribution in [-0.2, 0) is 36.9 Å². The van der Waals surface area contributed by atoms with E-state index in [1.165, 1.54) is 7.11 Å². The third-order valence-corrected chi connectivity index (χ3v) is 13.0. The minimum atomic E-state index is -1.24. The number of fused-ring (bicyclic) bond motifs is 4. The molecule has 6 unspecified atom stereocenters. The molecule has 6 atom stereocenters. The van der Waals surface area contributed by atoms with Crippen LogP contribution in [0.5, 0.6) is 17.2 Å². The number of allylic oxidation sites excluding steroid dienone is 3. The lowest BCUT2D eigenvalue weighted by Crippen LogP contribution is -2.58. The number of ether oxygens (including phenoxy) is 5. The number of rotatable bonds is 12. The Bertz CT molecular complexity index is 2230. The lowest BCUT2D eigenvalue weighted by atomic mass is 9.66. The summed E-state index contributed by atoms with van der Waals surface area (Å²) in [5.41, 5.74) is 1.56. The van der Waals surface area contributed by atoms with Crippen molar-refractivity contribution in [1.29, 1.82) is 0 Å². The van der Waals surface area contributed by atoms with Gasteiger partial charge in [0.05, 0.1) is 55.5 Å². The van der Waals surface area contributed by atoms with Crippen molar-refractivity contribution < 1.29 is 53.4 Å². The molecule has 0 bridgehead atoms. The van der Waals surface area contributed by atoms with Gasteiger partial charge in [0.1, 0.15) is 34.7 Å². The van der Waals surface area contributed by atoms with Crippen molar-refractivity contribution in [3.8, 4) is 17.2 Å². The average Bonchev–Trinajstić information content (AvgIpc) is 3.90. The van der Waals surface area contributed by atoms with E-state index in [0.29, 0.717) is 59.6 Å². The summed E-state index contributed by atoms with van der Waals surface area (Å²) in [6.07, 6.45) is 8.68. The lowest BCUT2D eigenvalue weighted by molar-refractivity contribution is -0.141. The molecule has 13 heteroatoms. The van der Waals surface area contributed by atoms with E-state index in [1.54, 1.807) is 14.0 Å². The molecule has 0 amide bonds. The molecule has 58 heavy (non-hydrogen) atoms. The molecule has 0 spiro atoms. The maximum Gasteiger partial charge on any atom is 0.375 e. The van der Waals surface area contributed by atoms with Crippen LogP contribution in [0, 0.1) is 17.8 Å². The van der Waals surface area contributed by atoms with Gasteiger partial charge in [0.2, 0.25) is 5.76 Å². The third kappa shape index (κ3) is 6.80. The number of aldehydes is 1. The number of ketones is 1. The number of hydrogen-bond donors (Lipinski definition) is 3. The van der Waals surface area contributed by atoms with Crippen molar-refractivity contribution in [3.05, 3.63) is 80.1 Å². The Balaban J connectivity index is 1.25. The van der Waals surface area contributed by atoms with Crippen LogP contribution in [0.25, 0.3) is 11.6 Å². The van der Waals surface area contributed by atoms with E-state index in [1.807, 2.05) is 30.4 Å². The molecule has 13 nitrogen and oxygen atoms in total. The summed E-state index contributed by atoms with van der Waals surface area (Å²) in [6, 6.07) is 5.71. The number of carbonyl (C=O) groups excluding carboxylic acids is 3. The van der Waals surface area contributed by atoms with Crippen LogP contribution in [0.3, 0.4) is 0 Å². The predicted molar refractivity (Wildman–Crippen MR) is 212 cm³/mol. The van der Waals surface area contributed by atoms with E-state index in [-0.39, 0.29) is 66.1 Å². The molecule has 3 N–H and O–H groups in total. The number of Topliss-reactive ketones (excluding diaryl/α,β-unsaturated/α-hetero) is 1. The zero-order chi connectivity index (χ0) is 40.7. The van der Waals surface area contributed by atoms with Crippen LogP contribution in [0.2, 0.25) is 0 Å². The fourth-order valence-corrected chi connectivity index (χ4v) is 10.3. The highest BCUT2D eigenvalue weighted by Crippen LogP contribution is 2.57. The van der Waals surface area contributed by atoms with Crippen molar-refractivity contribution in [1.82, 2.24) is 4.90 Å². The Labute approximate surface area is 337 Å². The van der Waals surface area contributed by atoms with Gasteiger partial charge < -0.3 is 43.9 Å². The highest BCUT2D eigenvalue weighted by molar-refractivity contribution is 6.11. The first-order valence-corrected chi connectivity index (χ1v) is 20.4. The number of aliphatic hydroxyl groups excluding tert-OH is 2. The van der Waals surface area contributed by atoms with Crippen molar-refractivity contribution in [2.24, 2.45) is 22.7 Å². The largest absolute Gasteiger partial charge is 0.496 e. The minimum absolute atomic E-state index is 0.00660. The van der Waals surface area contributed by atoms with E-state index in [9.17, 15) is 29.7 Å². The summed E-state index contributed by atoms with van der Waals surface area (Å²) >= 11 is 0. The monoisotopic (exact) mass is 796 g/mol. The molecule has 2 fully saturated rings. The highest BCUT2D eigenvalue weighted by atomic mass is 16.6. The molecule has 8 rings (SSSR count). The fourth-order valence-electron chi connectivity index (χ4n) is 10.3. The predicted octanol–water partition coefficient (Wildman–Crippen LogP) is 2.49. The van der Waals surface area contributed by atoms with E-state index in [4.69, 9.17) is 23.7 Å². The van der Waals surface area contributed by atoms with Crippen molar-refractivity contribution in [2.75, 3.05) is 60.2 Å². The fraction of sp³-hybridized carbons (Fsp3) is 0.511. The lowest BCUT2D eigenvalue weighted by Gasteiger charge is -2.49. The molecular formula is C45H52N2O11. The minimum Gasteiger partial charge on any atom is -0.496 e. The van der Waals surface area contributed by atoms with Gasteiger partial charge in [-0.1, -0.05) is 29.9 Å². The van der Waals surface area contributed by atoms with Gasteiger partial charge in [-0.05, 0) is 74.4 Å². The van der Waals surface area contributed by atoms with Gasteiger partial charge in [-0.3, -0.25) is 14.6 Å². The van der Waals surface area contributed by atoms with Crippen molar-refractivity contribution in [2.45, 2.75) is 69.7 Å². The first kappa shape index (κ1) is 40.1. The average molecular weight is 797 g/mol. The second kappa shape index (κ2) is 16.5. The molecule has 0 radical (unpaired) electrons. The van der Waals surface area contributed by atoms with Gasteiger partial charge in [0.15, 0.2) is 6.29 Å². The van der Waals surface area contributed by atoms with Gasteiger partial charge in [-0.15, -0.1) is 0 Å². The van der Waals surface area contributed by atoms with E-state index >= 15 is 0 Å². The van der Waals surface area contributed by atoms with Crippen LogP contribution >= 0.6 is 0 Å². The van der Waals surface area contributed by atoms with Crippen LogP contribution in [0.4, 0.5) is 0 Å². The Morgan fingerprint density at radius 3 is 2.74 bits per heavy atom. The molecule has 2 aliphatic carbocycles. The first-order valence-electron chi connectivity index (χ1n) is 20.4. The Hall–Kier alpha value is -4.66. The number of piperidine rings is 1. The molecule has 2 aromatic carbocycles. The number of carbonyl (C=O) groups is 3. The Kier molecular flexibility index (Phi) is 11.4. The zero-order valence-electron chi connectivity index (χ0n) is 33.3. The topological polar surface area (TPSA) is 174 Å². The number of aliphatic hydroxyl groups is 3. The van der Waals surface area contributed by atoms with Crippen molar-refractivity contribution in [3.63, 3.8) is 0 Å². The molecule has 4 heterocycles. The Morgan fingerprint density at radius 1 is 1.16 bits per heavy atom. The summed E-state index contributed by atoms with van der Waals surface area (Å²) in [6.45, 7) is 4.46. The molecule has 2 aromatic rings. The number of methoxy groups -OCH3 is 2. The summed E-state index contributed by atoms with van der Waals surface area (Å²) < 4.78 is 29.9. The summed E-state index contributed by atoms with van der Waals surface area (Å²) in [7, 11) is 3.20. The zero-order valence-corrected chi connectivity index (χ0v) is 33.3. The van der Waals surface area contributed by atoms with Gasteiger partial charge in [-0.25, -0.2) is 4.79 Å². The second-order valence-electron chi connectivity index (χ2n) is 16.1. The molecular weight excluding hydrogens is 744 g/mol. The maximum absolute atomic E-state index is 14.0. The number of hydrogen-bond acceptors (Lipinski definition) is 13. The molecule has 4 aliphatic heterocycles. The summed E-state index contributed by atoms with van der Waals surface area (Å²) in [4.78, 5) is 47.8. The molecule has 1 saturated carbocycles. The van der Waals surface area contributed by atoms with E-state index in [2.05, 4.69) is 16.0 Å². The first-order chi connectivity index (χ1) is 28.2. The molecule has 6 aliphatic rings. The third-order valence-electron chi connectivity index (χ3n) is 13.0. The SMILES string of the molecule is CCOC(=O)C1=C(C=O)C(=C2CC(CO)C(=O)C(c3ccc4c(c3)=CCN=4)C2)c2c(OC)c3c(c(CO)c2O1)OC(C1(O)CC=CC2CN(CCCOC)CCC21)C3. The van der Waals surface area contributed by atoms with Crippen LogP contribution in [-0.4, -0.2) is 110 Å². The van der Waals surface area contributed by atoms with Gasteiger partial charge >= 0.3 is 5.97 Å². The van der Waals surface area contributed by atoms with E-state index < -0.39 is 42.7 Å². The van der Waals surface area contributed by atoms with Crippen LogP contribution < -0.4 is 24.8 Å². The quantitative estimate of drug-likeness (QED) is 0.124. The number of benzene rings is 2. The standard InChI is InChI=1S/C45H52N2O11/c1-4-56-44(52)43-32(23-49)37(28-18-29(22-48)39(51)30(19-28)25-8-9-35-26(17-25)10-13-46-35)38-41(55-3)31-20-36(57-40(31)33(24-50)42(38)58-43)45(53)12-5-7-27-21-47(14-6-16-54-2)15-11-34(27)45/h5,7-10,17,23,27,29-30,34,36,48,50,53H,4,6,11-16,18-22,24H2,1-3H3. The Morgan fingerprint density at radius 2 is 2.00 bits per heavy atom. The van der Waals surface area contributed by atoms with Crippen molar-refractivity contribution >= 4 is 29.7 Å². The molecule has 0 aromatic heterocycles. The van der Waals surface area contributed by atoms with Gasteiger partial charge in [0, 0.05) is 62.1 Å². The summed E-state index contributed by atoms with van der Waals surface area (Å²) in [5.74, 6) is -2.13. The van der Waals surface area contributed by atoms with E-state index in [0.717, 1.165) is 48.6 Å². The highest BCUT2D eigenvalue weighted by Gasteiger charge is 2.54. The molecule has 308 valence electrons. The van der Waals surface area contributed by atoms with Gasteiger partial charge in [0.25, 0.3) is 0 Å². The van der Waals surface area contributed by atoms with Crippen LogP contribution in [0.1, 0.15) is 67.2 Å². The molecule has 1 saturated heterocycles. The van der Waals surface area contributed by atoms with Gasteiger partial charge in [-0.2, -0.15) is 0 Å². The number of likely N-dealkylation sites (tertiary alicyclic amines) is 1. The summed E-state index contributed by atoms with van der Waals surface area (Å²) in [5, 5.41) is 36.2. The second-order valence-corrected chi connectivity index (χ2v) is 16.1. The van der Waals surface area contributed by atoms with Crippen LogP contribution in [0.15, 0.2) is 52.2 Å². The number of nitrogens with zero attached hydrogens (tertiary/aromatic N) is 2. The smallest absolute Gasteiger partial charge is 0.375 e. The maximum atomic E-state index is 14.0. The normalized spacial score (nSPS) is 28.7.